The van der Waals surface area contributed by atoms with Gasteiger partial charge in [-0.2, -0.15) is 4.98 Å². The first-order valence-electron chi connectivity index (χ1n) is 8.24. The van der Waals surface area contributed by atoms with Gasteiger partial charge in [0.25, 0.3) is 0 Å². The lowest BCUT2D eigenvalue weighted by Gasteiger charge is -2.18. The second kappa shape index (κ2) is 8.96. The molecular weight excluding hydrogens is 320 g/mol. The predicted molar refractivity (Wildman–Crippen MR) is 99.6 cm³/mol. The van der Waals surface area contributed by atoms with Crippen molar-refractivity contribution in [3.05, 3.63) is 24.4 Å². The first kappa shape index (κ1) is 18.6. The van der Waals surface area contributed by atoms with Gasteiger partial charge in [0.15, 0.2) is 11.5 Å². The molecule has 1 heterocycles. The normalized spacial score (nSPS) is 10.3. The van der Waals surface area contributed by atoms with Crippen LogP contribution in [0.5, 0.6) is 17.2 Å². The molecule has 0 aliphatic heterocycles. The molecule has 136 valence electrons. The largest absolute Gasteiger partial charge is 0.493 e. The fourth-order valence-corrected chi connectivity index (χ4v) is 2.41. The average Bonchev–Trinajstić information content (AvgIpc) is 2.65. The number of nitrogens with one attached hydrogen (secondary N) is 1. The van der Waals surface area contributed by atoms with E-state index in [1.807, 2.05) is 25.2 Å². The molecule has 0 aliphatic rings. The van der Waals surface area contributed by atoms with Crippen LogP contribution in [0.25, 0.3) is 0 Å². The smallest absolute Gasteiger partial charge is 0.229 e. The van der Waals surface area contributed by atoms with Crippen molar-refractivity contribution < 1.29 is 14.2 Å². The van der Waals surface area contributed by atoms with Gasteiger partial charge in [-0.3, -0.25) is 0 Å². The van der Waals surface area contributed by atoms with E-state index >= 15 is 0 Å². The summed E-state index contributed by atoms with van der Waals surface area (Å²) in [6.07, 6.45) is 4.01. The Labute approximate surface area is 148 Å². The molecule has 0 atom stereocenters. The monoisotopic (exact) mass is 346 g/mol. The van der Waals surface area contributed by atoms with Gasteiger partial charge in [-0.25, -0.2) is 4.98 Å². The van der Waals surface area contributed by atoms with E-state index in [1.54, 1.807) is 27.5 Å². The van der Waals surface area contributed by atoms with Crippen LogP contribution in [0.15, 0.2) is 24.4 Å². The molecule has 0 aliphatic carbocycles. The maximum atomic E-state index is 5.37. The molecule has 2 aromatic rings. The Morgan fingerprint density at radius 3 is 2.32 bits per heavy atom. The van der Waals surface area contributed by atoms with Gasteiger partial charge in [0.1, 0.15) is 5.82 Å². The molecule has 25 heavy (non-hydrogen) atoms. The van der Waals surface area contributed by atoms with Gasteiger partial charge >= 0.3 is 0 Å². The highest BCUT2D eigenvalue weighted by Crippen LogP contribution is 2.40. The van der Waals surface area contributed by atoms with E-state index in [0.717, 1.165) is 30.9 Å². The van der Waals surface area contributed by atoms with Gasteiger partial charge in [-0.15, -0.1) is 0 Å². The van der Waals surface area contributed by atoms with Crippen LogP contribution < -0.4 is 24.4 Å². The highest BCUT2D eigenvalue weighted by Gasteiger charge is 2.14. The summed E-state index contributed by atoms with van der Waals surface area (Å²) < 4.78 is 16.1. The molecule has 1 aromatic carbocycles. The summed E-state index contributed by atoms with van der Waals surface area (Å²) in [6, 6.07) is 5.53. The molecule has 0 amide bonds. The molecule has 7 heteroatoms. The number of unbranched alkanes of at least 4 members (excludes halogenated alkanes) is 1. The summed E-state index contributed by atoms with van der Waals surface area (Å²) in [7, 11) is 6.77. The standard InChI is InChI=1S/C18H26N4O3/c1-6-7-10-22(2)16-8-9-19-18(21-16)20-13-11-14(23-3)17(25-5)15(12-13)24-4/h8-9,11-12H,6-7,10H2,1-5H3,(H,19,20,21). The van der Waals surface area contributed by atoms with Crippen molar-refractivity contribution in [1.82, 2.24) is 9.97 Å². The van der Waals surface area contributed by atoms with Crippen LogP contribution in [0.1, 0.15) is 19.8 Å². The zero-order chi connectivity index (χ0) is 18.2. The second-order valence-electron chi connectivity index (χ2n) is 5.55. The number of hydrogen-bond donors (Lipinski definition) is 1. The predicted octanol–water partition coefficient (Wildman–Crippen LogP) is 3.48. The van der Waals surface area contributed by atoms with Crippen molar-refractivity contribution in [3.63, 3.8) is 0 Å². The van der Waals surface area contributed by atoms with Crippen molar-refractivity contribution in [2.45, 2.75) is 19.8 Å². The second-order valence-corrected chi connectivity index (χ2v) is 5.55. The molecule has 0 bridgehead atoms. The Bertz CT molecular complexity index is 669. The first-order chi connectivity index (χ1) is 12.1. The molecule has 0 fully saturated rings. The van der Waals surface area contributed by atoms with Gasteiger partial charge in [-0.05, 0) is 12.5 Å². The number of aromatic nitrogens is 2. The van der Waals surface area contributed by atoms with Crippen molar-refractivity contribution in [2.24, 2.45) is 0 Å². The minimum Gasteiger partial charge on any atom is -0.493 e. The maximum Gasteiger partial charge on any atom is 0.229 e. The van der Waals surface area contributed by atoms with Crippen LogP contribution >= 0.6 is 0 Å². The molecule has 0 radical (unpaired) electrons. The van der Waals surface area contributed by atoms with Crippen molar-refractivity contribution >= 4 is 17.5 Å². The highest BCUT2D eigenvalue weighted by molar-refractivity contribution is 5.66. The van der Waals surface area contributed by atoms with Crippen LogP contribution in [-0.4, -0.2) is 44.9 Å². The zero-order valence-corrected chi connectivity index (χ0v) is 15.5. The summed E-state index contributed by atoms with van der Waals surface area (Å²) in [5.41, 5.74) is 0.753. The van der Waals surface area contributed by atoms with Crippen LogP contribution in [0.3, 0.4) is 0 Å². The van der Waals surface area contributed by atoms with E-state index < -0.39 is 0 Å². The lowest BCUT2D eigenvalue weighted by molar-refractivity contribution is 0.324. The molecule has 2 rings (SSSR count). The Hall–Kier alpha value is -2.70. The topological polar surface area (TPSA) is 68.7 Å². The van der Waals surface area contributed by atoms with Gasteiger partial charge in [-0.1, -0.05) is 13.3 Å². The highest BCUT2D eigenvalue weighted by atomic mass is 16.5. The Morgan fingerprint density at radius 2 is 1.76 bits per heavy atom. The number of hydrogen-bond acceptors (Lipinski definition) is 7. The Kier molecular flexibility index (Phi) is 6.68. The molecule has 0 saturated heterocycles. The summed E-state index contributed by atoms with van der Waals surface area (Å²) in [5.74, 6) is 3.07. The van der Waals surface area contributed by atoms with Crippen molar-refractivity contribution in [1.29, 1.82) is 0 Å². The van der Waals surface area contributed by atoms with Gasteiger partial charge in [0, 0.05) is 37.6 Å². The van der Waals surface area contributed by atoms with Gasteiger partial charge in [0.05, 0.1) is 21.3 Å². The molecule has 0 spiro atoms. The number of methoxy groups -OCH3 is 3. The van der Waals surface area contributed by atoms with E-state index in [1.165, 1.54) is 0 Å². The van der Waals surface area contributed by atoms with E-state index in [9.17, 15) is 0 Å². The maximum absolute atomic E-state index is 5.37. The third-order valence-corrected chi connectivity index (χ3v) is 3.80. The Morgan fingerprint density at radius 1 is 1.08 bits per heavy atom. The minimum atomic E-state index is 0.509. The van der Waals surface area contributed by atoms with Crippen molar-refractivity contribution in [2.75, 3.05) is 45.1 Å². The number of benzene rings is 1. The van der Waals surface area contributed by atoms with Gasteiger partial charge < -0.3 is 24.4 Å². The molecule has 1 aromatic heterocycles. The summed E-state index contributed by atoms with van der Waals surface area (Å²) >= 11 is 0. The lowest BCUT2D eigenvalue weighted by atomic mass is 10.2. The van der Waals surface area contributed by atoms with Crippen LogP contribution in [-0.2, 0) is 0 Å². The number of ether oxygens (including phenoxy) is 3. The molecular formula is C18H26N4O3. The van der Waals surface area contributed by atoms with Crippen LogP contribution in [0, 0.1) is 0 Å². The summed E-state index contributed by atoms with van der Waals surface area (Å²) in [4.78, 5) is 11.0. The average molecular weight is 346 g/mol. The van der Waals surface area contributed by atoms with Crippen LogP contribution in [0.4, 0.5) is 17.5 Å². The van der Waals surface area contributed by atoms with E-state index in [0.29, 0.717) is 23.2 Å². The third kappa shape index (κ3) is 4.65. The van der Waals surface area contributed by atoms with E-state index in [2.05, 4.69) is 27.1 Å². The Balaban J connectivity index is 2.24. The van der Waals surface area contributed by atoms with Crippen molar-refractivity contribution in [3.8, 4) is 17.2 Å². The quantitative estimate of drug-likeness (QED) is 0.745. The zero-order valence-electron chi connectivity index (χ0n) is 15.5. The minimum absolute atomic E-state index is 0.509. The lowest BCUT2D eigenvalue weighted by Crippen LogP contribution is -2.19. The molecule has 0 saturated carbocycles. The molecule has 0 unspecified atom stereocenters. The number of nitrogens with zero attached hydrogens (tertiary/aromatic N) is 3. The van der Waals surface area contributed by atoms with Crippen LogP contribution in [0.2, 0.25) is 0 Å². The fraction of sp³-hybridized carbons (Fsp3) is 0.444. The first-order valence-corrected chi connectivity index (χ1v) is 8.24. The number of anilines is 3. The number of rotatable bonds is 9. The summed E-state index contributed by atoms with van der Waals surface area (Å²) in [6.45, 7) is 3.13. The fourth-order valence-electron chi connectivity index (χ4n) is 2.41. The van der Waals surface area contributed by atoms with Gasteiger partial charge in [0.2, 0.25) is 11.7 Å². The molecule has 7 nitrogen and oxygen atoms in total. The third-order valence-electron chi connectivity index (χ3n) is 3.80. The molecule has 1 N–H and O–H groups in total. The van der Waals surface area contributed by atoms with E-state index in [-0.39, 0.29) is 0 Å². The van der Waals surface area contributed by atoms with E-state index in [4.69, 9.17) is 14.2 Å². The SMILES string of the molecule is CCCCN(C)c1ccnc(Nc2cc(OC)c(OC)c(OC)c2)n1. The summed E-state index contributed by atoms with van der Waals surface area (Å²) in [5, 5.41) is 3.19.